The number of nitrogens with zero attached hydrogens (tertiary/aromatic N) is 1. The predicted octanol–water partition coefficient (Wildman–Crippen LogP) is 1.68. The van der Waals surface area contributed by atoms with Crippen LogP contribution in [0.4, 0.5) is 0 Å². The molecule has 0 aromatic heterocycles. The van der Waals surface area contributed by atoms with Gasteiger partial charge in [0.15, 0.2) is 0 Å². The normalized spacial score (nSPS) is 23.4. The first-order valence-corrected chi connectivity index (χ1v) is 3.30. The molecule has 1 atom stereocenters. The van der Waals surface area contributed by atoms with Crippen molar-refractivity contribution in [3.8, 4) is 6.07 Å². The summed E-state index contributed by atoms with van der Waals surface area (Å²) in [5.41, 5.74) is 0. The van der Waals surface area contributed by atoms with Gasteiger partial charge in [0.05, 0.1) is 6.07 Å². The molecule has 1 aliphatic carbocycles. The minimum atomic E-state index is 0.132. The van der Waals surface area contributed by atoms with Crippen molar-refractivity contribution < 1.29 is 0 Å². The van der Waals surface area contributed by atoms with Gasteiger partial charge >= 0.3 is 0 Å². The molecule has 0 spiro atoms. The van der Waals surface area contributed by atoms with Crippen LogP contribution in [-0.2, 0) is 0 Å². The third kappa shape index (κ3) is 1.17. The molecule has 0 radical (unpaired) electrons. The monoisotopic (exact) mass is 159 g/mol. The molecule has 7 heavy (non-hydrogen) atoms. The summed E-state index contributed by atoms with van der Waals surface area (Å²) >= 11 is 3.24. The van der Waals surface area contributed by atoms with Crippen LogP contribution in [0.3, 0.4) is 0 Å². The molecule has 0 aromatic rings. The van der Waals surface area contributed by atoms with Crippen LogP contribution < -0.4 is 0 Å². The number of nitriles is 1. The highest BCUT2D eigenvalue weighted by atomic mass is 79.9. The Morgan fingerprint density at radius 3 is 2.43 bits per heavy atom. The Morgan fingerprint density at radius 2 is 2.29 bits per heavy atom. The predicted molar refractivity (Wildman–Crippen MR) is 31.1 cm³/mol. The summed E-state index contributed by atoms with van der Waals surface area (Å²) in [6, 6.07) is 2.14. The van der Waals surface area contributed by atoms with Gasteiger partial charge in [-0.15, -0.1) is 0 Å². The van der Waals surface area contributed by atoms with E-state index in [1.807, 2.05) is 0 Å². The van der Waals surface area contributed by atoms with Crippen LogP contribution >= 0.6 is 15.9 Å². The molecule has 1 aliphatic rings. The molecule has 0 aliphatic heterocycles. The van der Waals surface area contributed by atoms with Crippen LogP contribution in [0, 0.1) is 17.2 Å². The molecule has 0 aromatic carbocycles. The lowest BCUT2D eigenvalue weighted by Crippen LogP contribution is -1.92. The molecule has 1 fully saturated rings. The highest BCUT2D eigenvalue weighted by Gasteiger charge is 2.28. The van der Waals surface area contributed by atoms with Crippen molar-refractivity contribution in [2.24, 2.45) is 5.92 Å². The minimum absolute atomic E-state index is 0.132. The van der Waals surface area contributed by atoms with E-state index in [1.165, 1.54) is 12.8 Å². The third-order valence-corrected chi connectivity index (χ3v) is 2.11. The summed E-state index contributed by atoms with van der Waals surface area (Å²) in [7, 11) is 0. The van der Waals surface area contributed by atoms with E-state index in [2.05, 4.69) is 22.0 Å². The summed E-state index contributed by atoms with van der Waals surface area (Å²) in [4.78, 5) is 0.132. The van der Waals surface area contributed by atoms with E-state index in [0.717, 1.165) is 0 Å². The van der Waals surface area contributed by atoms with E-state index in [4.69, 9.17) is 5.26 Å². The summed E-state index contributed by atoms with van der Waals surface area (Å²) < 4.78 is 0. The molecule has 1 rings (SSSR count). The van der Waals surface area contributed by atoms with Crippen molar-refractivity contribution in [3.05, 3.63) is 0 Å². The SMILES string of the molecule is N#C[C@@H](Br)C1CC1. The Kier molecular flexibility index (Phi) is 1.34. The Labute approximate surface area is 51.5 Å². The van der Waals surface area contributed by atoms with E-state index in [0.29, 0.717) is 5.92 Å². The van der Waals surface area contributed by atoms with E-state index in [9.17, 15) is 0 Å². The van der Waals surface area contributed by atoms with Crippen LogP contribution in [-0.4, -0.2) is 4.83 Å². The molecule has 0 N–H and O–H groups in total. The molecule has 1 nitrogen and oxygen atoms in total. The Hall–Kier alpha value is -0.0300. The van der Waals surface area contributed by atoms with Crippen molar-refractivity contribution in [2.75, 3.05) is 0 Å². The maximum atomic E-state index is 8.25. The molecule has 0 bridgehead atoms. The lowest BCUT2D eigenvalue weighted by Gasteiger charge is -1.88. The lowest BCUT2D eigenvalue weighted by atomic mass is 10.3. The number of rotatable bonds is 1. The zero-order chi connectivity index (χ0) is 5.28. The smallest absolute Gasteiger partial charge is 0.104 e. The lowest BCUT2D eigenvalue weighted by molar-refractivity contribution is 0.904. The van der Waals surface area contributed by atoms with E-state index >= 15 is 0 Å². The minimum Gasteiger partial charge on any atom is -0.197 e. The van der Waals surface area contributed by atoms with Crippen molar-refractivity contribution in [2.45, 2.75) is 17.7 Å². The molecule has 1 saturated carbocycles. The standard InChI is InChI=1S/C5H6BrN/c6-5(3-7)4-1-2-4/h4-5H,1-2H2/t5-/m1/s1. The van der Waals surface area contributed by atoms with Crippen LogP contribution in [0.15, 0.2) is 0 Å². The van der Waals surface area contributed by atoms with Crippen molar-refractivity contribution in [3.63, 3.8) is 0 Å². The fraction of sp³-hybridized carbons (Fsp3) is 0.800. The van der Waals surface area contributed by atoms with Gasteiger partial charge in [-0.25, -0.2) is 0 Å². The molecular formula is C5H6BrN. The number of halogens is 1. The van der Waals surface area contributed by atoms with Gasteiger partial charge in [-0.1, -0.05) is 15.9 Å². The van der Waals surface area contributed by atoms with Gasteiger partial charge in [0, 0.05) is 0 Å². The second-order valence-corrected chi connectivity index (χ2v) is 2.85. The Morgan fingerprint density at radius 1 is 1.71 bits per heavy atom. The van der Waals surface area contributed by atoms with Gasteiger partial charge in [0.25, 0.3) is 0 Å². The van der Waals surface area contributed by atoms with Gasteiger partial charge in [0.2, 0.25) is 0 Å². The molecule has 0 saturated heterocycles. The van der Waals surface area contributed by atoms with Crippen LogP contribution in [0.25, 0.3) is 0 Å². The van der Waals surface area contributed by atoms with E-state index < -0.39 is 0 Å². The molecule has 0 heterocycles. The number of hydrogen-bond acceptors (Lipinski definition) is 1. The van der Waals surface area contributed by atoms with Crippen molar-refractivity contribution >= 4 is 15.9 Å². The second kappa shape index (κ2) is 1.83. The molecule has 2 heteroatoms. The maximum absolute atomic E-state index is 8.25. The highest BCUT2D eigenvalue weighted by Crippen LogP contribution is 2.35. The first-order chi connectivity index (χ1) is 3.34. The first-order valence-electron chi connectivity index (χ1n) is 2.38. The van der Waals surface area contributed by atoms with Crippen molar-refractivity contribution in [1.29, 1.82) is 5.26 Å². The summed E-state index contributed by atoms with van der Waals surface area (Å²) in [6.45, 7) is 0. The van der Waals surface area contributed by atoms with Gasteiger partial charge in [-0.3, -0.25) is 0 Å². The molecule has 0 unspecified atom stereocenters. The summed E-state index contributed by atoms with van der Waals surface area (Å²) in [5.74, 6) is 0.671. The Bertz CT molecular complexity index is 101. The second-order valence-electron chi connectivity index (χ2n) is 1.87. The van der Waals surface area contributed by atoms with Crippen LogP contribution in [0.2, 0.25) is 0 Å². The van der Waals surface area contributed by atoms with Gasteiger partial charge in [-0.05, 0) is 18.8 Å². The van der Waals surface area contributed by atoms with Crippen LogP contribution in [0.1, 0.15) is 12.8 Å². The Balaban J connectivity index is 2.27. The first kappa shape index (κ1) is 5.11. The van der Waals surface area contributed by atoms with Gasteiger partial charge in [0.1, 0.15) is 4.83 Å². The van der Waals surface area contributed by atoms with E-state index in [-0.39, 0.29) is 4.83 Å². The largest absolute Gasteiger partial charge is 0.197 e. The third-order valence-electron chi connectivity index (χ3n) is 1.16. The van der Waals surface area contributed by atoms with Gasteiger partial charge in [-0.2, -0.15) is 5.26 Å². The van der Waals surface area contributed by atoms with Gasteiger partial charge < -0.3 is 0 Å². The fourth-order valence-corrected chi connectivity index (χ4v) is 1.02. The zero-order valence-electron chi connectivity index (χ0n) is 3.89. The number of alkyl halides is 1. The zero-order valence-corrected chi connectivity index (χ0v) is 5.48. The summed E-state index contributed by atoms with van der Waals surface area (Å²) in [5, 5.41) is 8.25. The average Bonchev–Trinajstić information content (AvgIpc) is 2.44. The number of hydrogen-bond donors (Lipinski definition) is 0. The highest BCUT2D eigenvalue weighted by molar-refractivity contribution is 9.09. The van der Waals surface area contributed by atoms with E-state index in [1.54, 1.807) is 0 Å². The summed E-state index contributed by atoms with van der Waals surface area (Å²) in [6.07, 6.45) is 2.48. The molecular weight excluding hydrogens is 154 g/mol. The maximum Gasteiger partial charge on any atom is 0.104 e. The molecule has 38 valence electrons. The topological polar surface area (TPSA) is 23.8 Å². The van der Waals surface area contributed by atoms with Crippen LogP contribution in [0.5, 0.6) is 0 Å². The fourth-order valence-electron chi connectivity index (χ4n) is 0.494. The molecule has 0 amide bonds. The average molecular weight is 160 g/mol. The van der Waals surface area contributed by atoms with Crippen molar-refractivity contribution in [1.82, 2.24) is 0 Å². The quantitative estimate of drug-likeness (QED) is 0.535.